The van der Waals surface area contributed by atoms with Crippen molar-refractivity contribution in [1.29, 1.82) is 0 Å². The summed E-state index contributed by atoms with van der Waals surface area (Å²) in [4.78, 5) is 32.7. The number of benzene rings is 2. The van der Waals surface area contributed by atoms with Crippen molar-refractivity contribution in [3.63, 3.8) is 0 Å². The van der Waals surface area contributed by atoms with E-state index in [0.717, 1.165) is 11.1 Å². The van der Waals surface area contributed by atoms with Crippen LogP contribution in [0.25, 0.3) is 22.8 Å². The van der Waals surface area contributed by atoms with Crippen molar-refractivity contribution in [3.8, 4) is 22.8 Å². The van der Waals surface area contributed by atoms with E-state index < -0.39 is 0 Å². The summed E-state index contributed by atoms with van der Waals surface area (Å²) < 4.78 is 9.93. The number of carbonyl (C=O) groups excluding carboxylic acids is 2. The van der Waals surface area contributed by atoms with Gasteiger partial charge in [0.2, 0.25) is 35.2 Å². The Labute approximate surface area is 189 Å². The van der Waals surface area contributed by atoms with Crippen LogP contribution < -0.4 is 10.6 Å². The van der Waals surface area contributed by atoms with Gasteiger partial charge >= 0.3 is 0 Å². The van der Waals surface area contributed by atoms with E-state index in [2.05, 4.69) is 30.9 Å². The Hall–Kier alpha value is -4.34. The molecule has 0 spiro atoms. The molecule has 0 aliphatic heterocycles. The fraction of sp³-hybridized carbons (Fsp3) is 0.217. The van der Waals surface area contributed by atoms with E-state index in [4.69, 9.17) is 9.05 Å². The van der Waals surface area contributed by atoms with Gasteiger partial charge in [0.25, 0.3) is 0 Å². The first-order valence-corrected chi connectivity index (χ1v) is 10.4. The van der Waals surface area contributed by atoms with Crippen LogP contribution in [0.1, 0.15) is 31.0 Å². The minimum atomic E-state index is -0.161. The number of aryl methyl sites for hydroxylation is 2. The molecule has 0 unspecified atom stereocenters. The van der Waals surface area contributed by atoms with Crippen LogP contribution >= 0.6 is 0 Å². The molecule has 0 atom stereocenters. The average Bonchev–Trinajstić information content (AvgIpc) is 3.43. The summed E-state index contributed by atoms with van der Waals surface area (Å²) in [6.07, 6.45) is 0.892. The molecule has 4 rings (SSSR count). The highest BCUT2D eigenvalue weighted by atomic mass is 16.5. The van der Waals surface area contributed by atoms with Gasteiger partial charge < -0.3 is 19.7 Å². The zero-order valence-corrected chi connectivity index (χ0v) is 18.2. The first-order valence-electron chi connectivity index (χ1n) is 10.4. The highest BCUT2D eigenvalue weighted by Crippen LogP contribution is 2.20. The predicted molar refractivity (Wildman–Crippen MR) is 120 cm³/mol. The first-order chi connectivity index (χ1) is 16.0. The molecule has 4 aromatic rings. The Morgan fingerprint density at radius 1 is 0.697 bits per heavy atom. The maximum atomic E-state index is 12.2. The van der Waals surface area contributed by atoms with E-state index in [1.807, 2.05) is 0 Å². The number of nitrogens with one attached hydrogen (secondary N) is 2. The van der Waals surface area contributed by atoms with Crippen molar-refractivity contribution in [3.05, 3.63) is 60.3 Å². The lowest BCUT2D eigenvalue weighted by Gasteiger charge is -2.07. The van der Waals surface area contributed by atoms with Crippen LogP contribution in [0.3, 0.4) is 0 Å². The van der Waals surface area contributed by atoms with Crippen LogP contribution in [-0.2, 0) is 9.59 Å². The van der Waals surface area contributed by atoms with Crippen LogP contribution in [0.5, 0.6) is 0 Å². The summed E-state index contributed by atoms with van der Waals surface area (Å²) in [5.74, 6) is 1.65. The monoisotopic (exact) mass is 446 g/mol. The quantitative estimate of drug-likeness (QED) is 0.412. The molecule has 10 heteroatoms. The maximum absolute atomic E-state index is 12.2. The summed E-state index contributed by atoms with van der Waals surface area (Å²) in [5.41, 5.74) is 2.90. The standard InChI is InChI=1S/C23H22N6O4/c1-14-24-22(28-32-14)16-6-10-18(11-7-16)26-20(30)4-3-5-21(31)27-19-12-8-17(9-13-19)23-25-15(2)33-29-23/h6-13H,3-5H2,1-2H3,(H,26,30)(H,27,31). The molecule has 2 amide bonds. The zero-order chi connectivity index (χ0) is 23.2. The summed E-state index contributed by atoms with van der Waals surface area (Å²) in [5, 5.41) is 13.4. The lowest BCUT2D eigenvalue weighted by Crippen LogP contribution is -2.14. The molecular formula is C23H22N6O4. The third-order valence-electron chi connectivity index (χ3n) is 4.72. The number of hydrogen-bond donors (Lipinski definition) is 2. The summed E-state index contributed by atoms with van der Waals surface area (Å²) in [7, 11) is 0. The number of amides is 2. The van der Waals surface area contributed by atoms with E-state index in [1.165, 1.54) is 0 Å². The van der Waals surface area contributed by atoms with Gasteiger partial charge in [0, 0.05) is 49.2 Å². The molecule has 33 heavy (non-hydrogen) atoms. The highest BCUT2D eigenvalue weighted by Gasteiger charge is 2.09. The number of carbonyl (C=O) groups is 2. The third kappa shape index (κ3) is 5.88. The smallest absolute Gasteiger partial charge is 0.224 e. The molecule has 0 aliphatic rings. The van der Waals surface area contributed by atoms with E-state index in [9.17, 15) is 9.59 Å². The fourth-order valence-electron chi connectivity index (χ4n) is 3.09. The Balaban J connectivity index is 1.19. The second-order valence-electron chi connectivity index (χ2n) is 7.38. The second-order valence-corrected chi connectivity index (χ2v) is 7.38. The van der Waals surface area contributed by atoms with E-state index in [1.54, 1.807) is 62.4 Å². The van der Waals surface area contributed by atoms with E-state index >= 15 is 0 Å². The predicted octanol–water partition coefficient (Wildman–Crippen LogP) is 4.15. The van der Waals surface area contributed by atoms with Crippen molar-refractivity contribution >= 4 is 23.2 Å². The number of aromatic nitrogens is 4. The van der Waals surface area contributed by atoms with Gasteiger partial charge in [0.05, 0.1) is 0 Å². The molecule has 2 heterocycles. The maximum Gasteiger partial charge on any atom is 0.224 e. The zero-order valence-electron chi connectivity index (χ0n) is 18.2. The molecule has 2 aromatic carbocycles. The summed E-state index contributed by atoms with van der Waals surface area (Å²) >= 11 is 0. The minimum Gasteiger partial charge on any atom is -0.339 e. The van der Waals surface area contributed by atoms with Gasteiger partial charge in [-0.3, -0.25) is 9.59 Å². The van der Waals surface area contributed by atoms with Crippen LogP contribution in [0.2, 0.25) is 0 Å². The van der Waals surface area contributed by atoms with Crippen LogP contribution in [0.4, 0.5) is 11.4 Å². The lowest BCUT2D eigenvalue weighted by molar-refractivity contribution is -0.117. The normalized spacial score (nSPS) is 10.7. The molecule has 0 saturated carbocycles. The SMILES string of the molecule is Cc1nc(-c2ccc(NC(=O)CCCC(=O)Nc3ccc(-c4noc(C)n4)cc3)cc2)no1. The van der Waals surface area contributed by atoms with Crippen molar-refractivity contribution in [1.82, 2.24) is 20.3 Å². The van der Waals surface area contributed by atoms with Gasteiger partial charge in [-0.25, -0.2) is 0 Å². The second kappa shape index (κ2) is 9.86. The molecule has 0 bridgehead atoms. The van der Waals surface area contributed by atoms with Gasteiger partial charge in [0.1, 0.15) is 0 Å². The van der Waals surface area contributed by atoms with Gasteiger partial charge in [-0.2, -0.15) is 9.97 Å². The topological polar surface area (TPSA) is 136 Å². The average molecular weight is 446 g/mol. The number of rotatable bonds is 8. The highest BCUT2D eigenvalue weighted by molar-refractivity contribution is 5.93. The number of anilines is 2. The Bertz CT molecular complexity index is 1150. The molecule has 0 aliphatic carbocycles. The Kier molecular flexibility index (Phi) is 6.53. The summed E-state index contributed by atoms with van der Waals surface area (Å²) in [6.45, 7) is 3.44. The van der Waals surface area contributed by atoms with Gasteiger partial charge in [-0.15, -0.1) is 0 Å². The number of hydrogen-bond acceptors (Lipinski definition) is 8. The van der Waals surface area contributed by atoms with Gasteiger partial charge in [0.15, 0.2) is 0 Å². The number of nitrogens with zero attached hydrogens (tertiary/aromatic N) is 4. The lowest BCUT2D eigenvalue weighted by atomic mass is 10.1. The van der Waals surface area contributed by atoms with Gasteiger partial charge in [-0.05, 0) is 55.0 Å². The van der Waals surface area contributed by atoms with Crippen molar-refractivity contribution in [2.24, 2.45) is 0 Å². The molecular weight excluding hydrogens is 424 g/mol. The molecule has 0 radical (unpaired) electrons. The third-order valence-corrected chi connectivity index (χ3v) is 4.72. The Morgan fingerprint density at radius 2 is 1.09 bits per heavy atom. The largest absolute Gasteiger partial charge is 0.339 e. The molecule has 0 saturated heterocycles. The Morgan fingerprint density at radius 3 is 1.42 bits per heavy atom. The minimum absolute atomic E-state index is 0.161. The van der Waals surface area contributed by atoms with Crippen molar-refractivity contribution < 1.29 is 18.6 Å². The van der Waals surface area contributed by atoms with Crippen LogP contribution in [-0.4, -0.2) is 32.1 Å². The summed E-state index contributed by atoms with van der Waals surface area (Å²) in [6, 6.07) is 14.3. The van der Waals surface area contributed by atoms with Crippen molar-refractivity contribution in [2.45, 2.75) is 33.1 Å². The molecule has 2 N–H and O–H groups in total. The van der Waals surface area contributed by atoms with E-state index in [0.29, 0.717) is 41.2 Å². The van der Waals surface area contributed by atoms with Gasteiger partial charge in [-0.1, -0.05) is 10.3 Å². The molecule has 0 fully saturated rings. The van der Waals surface area contributed by atoms with Crippen LogP contribution in [0.15, 0.2) is 57.6 Å². The fourth-order valence-corrected chi connectivity index (χ4v) is 3.09. The molecule has 2 aromatic heterocycles. The first kappa shape index (κ1) is 21.9. The van der Waals surface area contributed by atoms with Crippen molar-refractivity contribution in [2.75, 3.05) is 10.6 Å². The van der Waals surface area contributed by atoms with E-state index in [-0.39, 0.29) is 24.7 Å². The molecule has 168 valence electrons. The molecule has 10 nitrogen and oxygen atoms in total. The van der Waals surface area contributed by atoms with Crippen LogP contribution in [0, 0.1) is 13.8 Å².